The van der Waals surface area contributed by atoms with Crippen molar-refractivity contribution >= 4 is 35.1 Å². The van der Waals surface area contributed by atoms with Crippen molar-refractivity contribution in [1.82, 2.24) is 4.90 Å². The third-order valence-corrected chi connectivity index (χ3v) is 5.71. The van der Waals surface area contributed by atoms with Gasteiger partial charge in [0.2, 0.25) is 11.4 Å². The molecule has 6 nitrogen and oxygen atoms in total. The summed E-state index contributed by atoms with van der Waals surface area (Å²) in [5.41, 5.74) is -0.516. The van der Waals surface area contributed by atoms with Crippen LogP contribution in [0, 0.1) is 0 Å². The van der Waals surface area contributed by atoms with E-state index in [0.29, 0.717) is 16.5 Å². The number of aryl methyl sites for hydroxylation is 1. The maximum absolute atomic E-state index is 12.1. The number of unbranched alkanes of at least 4 members (excludes halogenated alkanes) is 2. The number of amides is 1. The van der Waals surface area contributed by atoms with Crippen molar-refractivity contribution in [1.29, 1.82) is 0 Å². The predicted molar refractivity (Wildman–Crippen MR) is 101 cm³/mol. The lowest BCUT2D eigenvalue weighted by Crippen LogP contribution is -2.62. The number of rotatable bonds is 8. The van der Waals surface area contributed by atoms with Crippen LogP contribution in [-0.2, 0) is 20.7 Å². The summed E-state index contributed by atoms with van der Waals surface area (Å²) in [6.07, 6.45) is 4.17. The number of fused-ring (bicyclic) bond motifs is 1. The van der Waals surface area contributed by atoms with Crippen LogP contribution in [0.25, 0.3) is 0 Å². The molecule has 3 rings (SSSR count). The quantitative estimate of drug-likeness (QED) is 0.503. The van der Waals surface area contributed by atoms with Gasteiger partial charge < -0.3 is 14.9 Å². The average molecular weight is 414 g/mol. The van der Waals surface area contributed by atoms with E-state index in [9.17, 15) is 19.8 Å². The van der Waals surface area contributed by atoms with Crippen molar-refractivity contribution in [2.45, 2.75) is 50.3 Å². The van der Waals surface area contributed by atoms with Gasteiger partial charge in [-0.2, -0.15) is 0 Å². The number of nitrogens with zero attached hydrogens (tertiary/aromatic N) is 1. The van der Waals surface area contributed by atoms with E-state index < -0.39 is 17.7 Å². The van der Waals surface area contributed by atoms with Gasteiger partial charge in [0.1, 0.15) is 5.76 Å². The fourth-order valence-electron chi connectivity index (χ4n) is 3.76. The number of hydrogen-bond donors (Lipinski definition) is 2. The first-order chi connectivity index (χ1) is 12.9. The van der Waals surface area contributed by atoms with Crippen molar-refractivity contribution in [3.63, 3.8) is 0 Å². The third kappa shape index (κ3) is 3.66. The molecule has 0 radical (unpaired) electrons. The maximum Gasteiger partial charge on any atom is 0.337 e. The Morgan fingerprint density at radius 2 is 2.11 bits per heavy atom. The number of aliphatic hydroxyl groups is 1. The second kappa shape index (κ2) is 8.09. The SMILES string of the molecule is O=C1C[C@H]2O/C(=C\CO)[C@](CCCCCc3ccc(Cl)cc3Cl)(C(=O)O)N12. The number of ether oxygens (including phenoxy) is 1. The molecule has 1 amide bonds. The highest BCUT2D eigenvalue weighted by atomic mass is 35.5. The Hall–Kier alpha value is -1.76. The molecule has 0 aromatic heterocycles. The van der Waals surface area contributed by atoms with E-state index >= 15 is 0 Å². The summed E-state index contributed by atoms with van der Waals surface area (Å²) in [4.78, 5) is 25.4. The molecular weight excluding hydrogens is 393 g/mol. The zero-order valence-electron chi connectivity index (χ0n) is 14.7. The van der Waals surface area contributed by atoms with E-state index in [1.807, 2.05) is 6.07 Å². The highest BCUT2D eigenvalue weighted by molar-refractivity contribution is 6.35. The summed E-state index contributed by atoms with van der Waals surface area (Å²) >= 11 is 12.1. The van der Waals surface area contributed by atoms with Gasteiger partial charge in [-0.15, -0.1) is 0 Å². The van der Waals surface area contributed by atoms with Gasteiger partial charge in [-0.05, 0) is 49.5 Å². The molecule has 0 bridgehead atoms. The van der Waals surface area contributed by atoms with Crippen LogP contribution in [0.2, 0.25) is 10.0 Å². The Balaban J connectivity index is 1.62. The summed E-state index contributed by atoms with van der Waals surface area (Å²) in [6.45, 7) is -0.339. The van der Waals surface area contributed by atoms with Crippen LogP contribution in [-0.4, -0.2) is 45.4 Å². The number of benzene rings is 1. The average Bonchev–Trinajstić information content (AvgIpc) is 2.85. The molecule has 1 aromatic rings. The van der Waals surface area contributed by atoms with Crippen LogP contribution in [0.15, 0.2) is 30.0 Å². The van der Waals surface area contributed by atoms with Gasteiger partial charge >= 0.3 is 5.97 Å². The number of aliphatic carboxylic acids is 1. The highest BCUT2D eigenvalue weighted by Crippen LogP contribution is 2.47. The molecule has 2 aliphatic heterocycles. The molecule has 0 aliphatic carbocycles. The van der Waals surface area contributed by atoms with Gasteiger partial charge in [-0.25, -0.2) is 4.79 Å². The van der Waals surface area contributed by atoms with Gasteiger partial charge in [0.05, 0.1) is 13.0 Å². The first-order valence-corrected chi connectivity index (χ1v) is 9.63. The largest absolute Gasteiger partial charge is 0.479 e. The molecular formula is C19H21Cl2NO5. The lowest BCUT2D eigenvalue weighted by atomic mass is 9.86. The summed E-state index contributed by atoms with van der Waals surface area (Å²) in [6, 6.07) is 5.38. The standard InChI is InChI=1S/C19H21Cl2NO5/c20-13-6-5-12(14(21)10-13)4-2-1-3-8-19(18(25)26)15(7-9-23)27-17-11-16(24)22(17)19/h5-7,10,17,23H,1-4,8-9,11H2,(H,25,26)/b15-7-/t17-,19-/m1/s1. The molecule has 27 heavy (non-hydrogen) atoms. The highest BCUT2D eigenvalue weighted by Gasteiger charge is 2.64. The zero-order valence-corrected chi connectivity index (χ0v) is 16.2. The maximum atomic E-state index is 12.1. The summed E-state index contributed by atoms with van der Waals surface area (Å²) in [5.74, 6) is -1.20. The minimum atomic E-state index is -1.51. The van der Waals surface area contributed by atoms with Crippen LogP contribution < -0.4 is 0 Å². The zero-order chi connectivity index (χ0) is 19.6. The molecule has 146 valence electrons. The predicted octanol–water partition coefficient (Wildman–Crippen LogP) is 3.38. The van der Waals surface area contributed by atoms with E-state index in [1.165, 1.54) is 11.0 Å². The number of halogens is 2. The lowest BCUT2D eigenvalue weighted by Gasteiger charge is -2.40. The van der Waals surface area contributed by atoms with Crippen LogP contribution >= 0.6 is 23.2 Å². The Morgan fingerprint density at radius 1 is 1.33 bits per heavy atom. The van der Waals surface area contributed by atoms with E-state index in [0.717, 1.165) is 24.8 Å². The number of hydrogen-bond acceptors (Lipinski definition) is 4. The molecule has 2 fully saturated rings. The topological polar surface area (TPSA) is 87.1 Å². The normalized spacial score (nSPS) is 25.3. The van der Waals surface area contributed by atoms with Crippen molar-refractivity contribution in [2.75, 3.05) is 6.61 Å². The molecule has 2 atom stereocenters. The van der Waals surface area contributed by atoms with Crippen LogP contribution in [0.3, 0.4) is 0 Å². The number of carbonyl (C=O) groups is 2. The monoisotopic (exact) mass is 413 g/mol. The first-order valence-electron chi connectivity index (χ1n) is 8.88. The van der Waals surface area contributed by atoms with Gasteiger partial charge in [-0.3, -0.25) is 9.69 Å². The molecule has 8 heteroatoms. The van der Waals surface area contributed by atoms with Gasteiger partial charge in [0, 0.05) is 10.0 Å². The molecule has 2 heterocycles. The molecule has 0 spiro atoms. The van der Waals surface area contributed by atoms with Crippen molar-refractivity contribution in [3.05, 3.63) is 45.6 Å². The van der Waals surface area contributed by atoms with E-state index in [4.69, 9.17) is 27.9 Å². The van der Waals surface area contributed by atoms with Crippen molar-refractivity contribution < 1.29 is 24.5 Å². The molecule has 2 saturated heterocycles. The Morgan fingerprint density at radius 3 is 2.74 bits per heavy atom. The fraction of sp³-hybridized carbons (Fsp3) is 0.474. The van der Waals surface area contributed by atoms with Gasteiger partial charge in [0.15, 0.2) is 6.23 Å². The van der Waals surface area contributed by atoms with Crippen LogP contribution in [0.4, 0.5) is 0 Å². The minimum Gasteiger partial charge on any atom is -0.479 e. The lowest BCUT2D eigenvalue weighted by molar-refractivity contribution is -0.171. The van der Waals surface area contributed by atoms with Crippen LogP contribution in [0.5, 0.6) is 0 Å². The summed E-state index contributed by atoms with van der Waals surface area (Å²) in [5, 5.41) is 20.3. The van der Waals surface area contributed by atoms with Gasteiger partial charge in [-0.1, -0.05) is 35.7 Å². The molecule has 2 aliphatic rings. The number of carboxylic acids is 1. The summed E-state index contributed by atoms with van der Waals surface area (Å²) < 4.78 is 5.60. The number of aliphatic hydroxyl groups excluding tert-OH is 1. The smallest absolute Gasteiger partial charge is 0.337 e. The number of β-lactam (4-membered cyclic amide) rings is 1. The number of carbonyl (C=O) groups excluding carboxylic acids is 1. The Labute approximate surface area is 167 Å². The van der Waals surface area contributed by atoms with Gasteiger partial charge in [0.25, 0.3) is 0 Å². The molecule has 1 aromatic carbocycles. The van der Waals surface area contributed by atoms with Crippen molar-refractivity contribution in [3.8, 4) is 0 Å². The molecule has 0 saturated carbocycles. The Bertz CT molecular complexity index is 781. The van der Waals surface area contributed by atoms with E-state index in [2.05, 4.69) is 0 Å². The minimum absolute atomic E-state index is 0.161. The molecule has 2 N–H and O–H groups in total. The molecule has 0 unspecified atom stereocenters. The Kier molecular flexibility index (Phi) is 5.99. The van der Waals surface area contributed by atoms with Crippen molar-refractivity contribution in [2.24, 2.45) is 0 Å². The summed E-state index contributed by atoms with van der Waals surface area (Å²) in [7, 11) is 0. The number of carboxylic acid groups (broad SMARTS) is 1. The fourth-order valence-corrected chi connectivity index (χ4v) is 4.26. The first kappa shape index (κ1) is 20.0. The third-order valence-electron chi connectivity index (χ3n) is 5.12. The second-order valence-electron chi connectivity index (χ2n) is 6.75. The van der Waals surface area contributed by atoms with E-state index in [1.54, 1.807) is 12.1 Å². The van der Waals surface area contributed by atoms with Crippen LogP contribution in [0.1, 0.15) is 37.7 Å². The second-order valence-corrected chi connectivity index (χ2v) is 7.60. The van der Waals surface area contributed by atoms with E-state index in [-0.39, 0.29) is 31.1 Å².